The maximum atomic E-state index is 11.2. The first-order valence-electron chi connectivity index (χ1n) is 6.65. The van der Waals surface area contributed by atoms with Crippen molar-refractivity contribution in [3.63, 3.8) is 0 Å². The molecule has 3 aromatic rings. The molecule has 4 heteroatoms. The van der Waals surface area contributed by atoms with E-state index in [1.807, 2.05) is 42.7 Å². The lowest BCUT2D eigenvalue weighted by atomic mass is 10.0. The van der Waals surface area contributed by atoms with Crippen LogP contribution in [0.5, 0.6) is 0 Å². The number of carbonyl (C=O) groups is 1. The summed E-state index contributed by atoms with van der Waals surface area (Å²) in [6, 6.07) is 16.0. The fraction of sp³-hybridized carbons (Fsp3) is 0.118. The van der Waals surface area contributed by atoms with Gasteiger partial charge in [-0.2, -0.15) is 0 Å². The van der Waals surface area contributed by atoms with Crippen molar-refractivity contribution < 1.29 is 9.90 Å². The predicted octanol–water partition coefficient (Wildman–Crippen LogP) is 4.18. The average Bonchev–Trinajstić information content (AvgIpc) is 2.86. The third kappa shape index (κ3) is 2.67. The van der Waals surface area contributed by atoms with Gasteiger partial charge in [0.2, 0.25) is 0 Å². The molecule has 21 heavy (non-hydrogen) atoms. The first-order valence-corrected chi connectivity index (χ1v) is 7.87. The largest absolute Gasteiger partial charge is 0.481 e. The van der Waals surface area contributed by atoms with Gasteiger partial charge in [-0.25, -0.2) is 0 Å². The molecule has 0 bridgehead atoms. The summed E-state index contributed by atoms with van der Waals surface area (Å²) in [7, 11) is 0. The molecule has 3 rings (SSSR count). The highest BCUT2D eigenvalue weighted by Gasteiger charge is 2.15. The SMILES string of the molecule is CSc1ccc(-c2[nH]c3ccccc3c2CC(=O)O)cc1. The van der Waals surface area contributed by atoms with Crippen LogP contribution in [-0.2, 0) is 11.2 Å². The molecule has 0 radical (unpaired) electrons. The third-order valence-corrected chi connectivity index (χ3v) is 4.26. The number of fused-ring (bicyclic) bond motifs is 1. The maximum Gasteiger partial charge on any atom is 0.307 e. The van der Waals surface area contributed by atoms with Crippen molar-refractivity contribution in [3.05, 3.63) is 54.1 Å². The molecule has 0 atom stereocenters. The second-order valence-corrected chi connectivity index (χ2v) is 5.70. The second kappa shape index (κ2) is 5.66. The summed E-state index contributed by atoms with van der Waals surface area (Å²) in [4.78, 5) is 15.7. The van der Waals surface area contributed by atoms with E-state index in [1.54, 1.807) is 11.8 Å². The smallest absolute Gasteiger partial charge is 0.307 e. The number of nitrogens with one attached hydrogen (secondary N) is 1. The van der Waals surface area contributed by atoms with Gasteiger partial charge >= 0.3 is 5.97 Å². The van der Waals surface area contributed by atoms with Crippen molar-refractivity contribution in [3.8, 4) is 11.3 Å². The number of hydrogen-bond donors (Lipinski definition) is 2. The summed E-state index contributed by atoms with van der Waals surface area (Å²) in [5, 5.41) is 10.2. The molecule has 0 aliphatic heterocycles. The van der Waals surface area contributed by atoms with E-state index in [4.69, 9.17) is 0 Å². The van der Waals surface area contributed by atoms with E-state index in [2.05, 4.69) is 17.1 Å². The minimum Gasteiger partial charge on any atom is -0.481 e. The third-order valence-electron chi connectivity index (χ3n) is 3.52. The summed E-state index contributed by atoms with van der Waals surface area (Å²) in [6.07, 6.45) is 2.05. The first-order chi connectivity index (χ1) is 10.2. The molecule has 2 N–H and O–H groups in total. The molecule has 0 saturated heterocycles. The number of rotatable bonds is 4. The van der Waals surface area contributed by atoms with Crippen LogP contribution >= 0.6 is 11.8 Å². The van der Waals surface area contributed by atoms with Crippen LogP contribution in [0, 0.1) is 0 Å². The monoisotopic (exact) mass is 297 g/mol. The summed E-state index contributed by atoms with van der Waals surface area (Å²) < 4.78 is 0. The van der Waals surface area contributed by atoms with Gasteiger partial charge in [-0.05, 0) is 35.6 Å². The standard InChI is InChI=1S/C17H15NO2S/c1-21-12-8-6-11(7-9-12)17-14(10-16(19)20)13-4-2-3-5-15(13)18-17/h2-9,18H,10H2,1H3,(H,19,20). The molecule has 0 unspecified atom stereocenters. The van der Waals surface area contributed by atoms with E-state index in [1.165, 1.54) is 4.90 Å². The molecule has 3 nitrogen and oxygen atoms in total. The average molecular weight is 297 g/mol. The molecule has 0 fully saturated rings. The first kappa shape index (κ1) is 13.8. The van der Waals surface area contributed by atoms with Gasteiger partial charge in [-0.1, -0.05) is 30.3 Å². The summed E-state index contributed by atoms with van der Waals surface area (Å²) in [5.74, 6) is -0.818. The molecular formula is C17H15NO2S. The lowest BCUT2D eigenvalue weighted by Gasteiger charge is -2.04. The molecule has 2 aromatic carbocycles. The number of H-pyrrole nitrogens is 1. The van der Waals surface area contributed by atoms with Crippen molar-refractivity contribution >= 4 is 28.6 Å². The zero-order valence-corrected chi connectivity index (χ0v) is 12.4. The summed E-state index contributed by atoms with van der Waals surface area (Å²) >= 11 is 1.69. The molecule has 1 heterocycles. The highest BCUT2D eigenvalue weighted by atomic mass is 32.2. The van der Waals surface area contributed by atoms with Crippen LogP contribution in [0.2, 0.25) is 0 Å². The second-order valence-electron chi connectivity index (χ2n) is 4.82. The van der Waals surface area contributed by atoms with Crippen molar-refractivity contribution in [2.75, 3.05) is 6.26 Å². The minimum atomic E-state index is -0.818. The fourth-order valence-corrected chi connectivity index (χ4v) is 2.95. The number of benzene rings is 2. The van der Waals surface area contributed by atoms with Gasteiger partial charge in [0.15, 0.2) is 0 Å². The minimum absolute atomic E-state index is 0.0175. The Morgan fingerprint density at radius 1 is 1.14 bits per heavy atom. The van der Waals surface area contributed by atoms with Gasteiger partial charge in [-0.3, -0.25) is 4.79 Å². The van der Waals surface area contributed by atoms with Gasteiger partial charge in [0, 0.05) is 15.8 Å². The highest BCUT2D eigenvalue weighted by molar-refractivity contribution is 7.98. The van der Waals surface area contributed by atoms with Crippen molar-refractivity contribution in [1.29, 1.82) is 0 Å². The van der Waals surface area contributed by atoms with Crippen LogP contribution < -0.4 is 0 Å². The molecule has 106 valence electrons. The van der Waals surface area contributed by atoms with E-state index < -0.39 is 5.97 Å². The number of carboxylic acids is 1. The summed E-state index contributed by atoms with van der Waals surface area (Å²) in [6.45, 7) is 0. The Bertz CT molecular complexity index is 790. The van der Waals surface area contributed by atoms with Gasteiger partial charge < -0.3 is 10.1 Å². The van der Waals surface area contributed by atoms with Crippen molar-refractivity contribution in [2.45, 2.75) is 11.3 Å². The Hall–Kier alpha value is -2.20. The molecule has 0 amide bonds. The Morgan fingerprint density at radius 3 is 2.52 bits per heavy atom. The zero-order valence-electron chi connectivity index (χ0n) is 11.6. The quantitative estimate of drug-likeness (QED) is 0.710. The maximum absolute atomic E-state index is 11.2. The van der Waals surface area contributed by atoms with Crippen LogP contribution in [0.3, 0.4) is 0 Å². The van der Waals surface area contributed by atoms with Crippen LogP contribution in [0.25, 0.3) is 22.2 Å². The number of aromatic amines is 1. The van der Waals surface area contributed by atoms with Gasteiger partial charge in [0.25, 0.3) is 0 Å². The highest BCUT2D eigenvalue weighted by Crippen LogP contribution is 2.31. The zero-order chi connectivity index (χ0) is 14.8. The molecule has 0 aliphatic carbocycles. The van der Waals surface area contributed by atoms with E-state index >= 15 is 0 Å². The van der Waals surface area contributed by atoms with Crippen molar-refractivity contribution in [1.82, 2.24) is 4.98 Å². The lowest BCUT2D eigenvalue weighted by molar-refractivity contribution is -0.136. The Morgan fingerprint density at radius 2 is 1.86 bits per heavy atom. The summed E-state index contributed by atoms with van der Waals surface area (Å²) in [5.41, 5.74) is 3.72. The van der Waals surface area contributed by atoms with Crippen LogP contribution in [0.4, 0.5) is 0 Å². The Kier molecular flexibility index (Phi) is 3.71. The van der Waals surface area contributed by atoms with E-state index in [-0.39, 0.29) is 6.42 Å². The molecule has 1 aromatic heterocycles. The van der Waals surface area contributed by atoms with Crippen LogP contribution in [-0.4, -0.2) is 22.3 Å². The van der Waals surface area contributed by atoms with Crippen LogP contribution in [0.15, 0.2) is 53.4 Å². The van der Waals surface area contributed by atoms with E-state index in [9.17, 15) is 9.90 Å². The lowest BCUT2D eigenvalue weighted by Crippen LogP contribution is -2.00. The fourth-order valence-electron chi connectivity index (χ4n) is 2.54. The Balaban J connectivity index is 2.17. The number of para-hydroxylation sites is 1. The number of thioether (sulfide) groups is 1. The molecule has 0 saturated carbocycles. The number of hydrogen-bond acceptors (Lipinski definition) is 2. The molecule has 0 spiro atoms. The number of carboxylic acid groups (broad SMARTS) is 1. The van der Waals surface area contributed by atoms with Gasteiger partial charge in [0.05, 0.1) is 12.1 Å². The number of aromatic nitrogens is 1. The molecular weight excluding hydrogens is 282 g/mol. The van der Waals surface area contributed by atoms with Crippen molar-refractivity contribution in [2.24, 2.45) is 0 Å². The van der Waals surface area contributed by atoms with Gasteiger partial charge in [-0.15, -0.1) is 11.8 Å². The van der Waals surface area contributed by atoms with Gasteiger partial charge in [0.1, 0.15) is 0 Å². The van der Waals surface area contributed by atoms with Crippen LogP contribution in [0.1, 0.15) is 5.56 Å². The molecule has 0 aliphatic rings. The number of aliphatic carboxylic acids is 1. The predicted molar refractivity (Wildman–Crippen MR) is 86.9 cm³/mol. The van der Waals surface area contributed by atoms with E-state index in [0.29, 0.717) is 0 Å². The topological polar surface area (TPSA) is 53.1 Å². The van der Waals surface area contributed by atoms with E-state index in [0.717, 1.165) is 27.7 Å². The normalized spacial score (nSPS) is 10.9. The Labute approximate surface area is 127 Å².